The van der Waals surface area contributed by atoms with Crippen LogP contribution in [0.4, 0.5) is 14.6 Å². The number of rotatable bonds is 7. The number of benzene rings is 2. The Kier molecular flexibility index (Phi) is 7.87. The van der Waals surface area contributed by atoms with Gasteiger partial charge in [0, 0.05) is 37.8 Å². The second-order valence-corrected chi connectivity index (χ2v) is 8.82. The molecule has 188 valence electrons. The standard InChI is InChI=1S/C27H29F2N5O2/c1-3-19(2)34(27(36)22-6-4-5-7-23(22)29)18-26(35)33-16-14-32(15-17-33)25-13-12-24(30-31-25)20-8-10-21(28)11-9-20/h4-13,19H,3,14-18H2,1-2H3. The van der Waals surface area contributed by atoms with E-state index in [0.717, 1.165) is 5.56 Å². The largest absolute Gasteiger partial charge is 0.352 e. The fraction of sp³-hybridized carbons (Fsp3) is 0.333. The van der Waals surface area contributed by atoms with Crippen molar-refractivity contribution in [2.75, 3.05) is 37.6 Å². The van der Waals surface area contributed by atoms with Gasteiger partial charge in [-0.25, -0.2) is 8.78 Å². The smallest absolute Gasteiger partial charge is 0.257 e. The Hall–Kier alpha value is -3.88. The van der Waals surface area contributed by atoms with Crippen LogP contribution in [0.1, 0.15) is 30.6 Å². The Balaban J connectivity index is 1.37. The van der Waals surface area contributed by atoms with E-state index in [9.17, 15) is 18.4 Å². The number of halogens is 2. The summed E-state index contributed by atoms with van der Waals surface area (Å²) in [5.41, 5.74) is 1.40. The molecule has 2 heterocycles. The van der Waals surface area contributed by atoms with Crippen molar-refractivity contribution in [1.29, 1.82) is 0 Å². The fourth-order valence-electron chi connectivity index (χ4n) is 4.14. The summed E-state index contributed by atoms with van der Waals surface area (Å²) in [5, 5.41) is 8.57. The molecule has 1 aliphatic heterocycles. The molecule has 1 saturated heterocycles. The van der Waals surface area contributed by atoms with Gasteiger partial charge in [-0.2, -0.15) is 0 Å². The number of aromatic nitrogens is 2. The molecule has 0 spiro atoms. The highest BCUT2D eigenvalue weighted by Gasteiger charge is 2.29. The zero-order valence-electron chi connectivity index (χ0n) is 20.4. The average molecular weight is 494 g/mol. The van der Waals surface area contributed by atoms with Crippen molar-refractivity contribution < 1.29 is 18.4 Å². The van der Waals surface area contributed by atoms with Crippen LogP contribution in [-0.2, 0) is 4.79 Å². The average Bonchev–Trinajstić information content (AvgIpc) is 2.92. The van der Waals surface area contributed by atoms with Crippen LogP contribution >= 0.6 is 0 Å². The van der Waals surface area contributed by atoms with Crippen LogP contribution in [0.15, 0.2) is 60.7 Å². The van der Waals surface area contributed by atoms with Crippen LogP contribution in [0.2, 0.25) is 0 Å². The Labute approximate surface area is 209 Å². The molecule has 1 unspecified atom stereocenters. The first kappa shape index (κ1) is 25.2. The second kappa shape index (κ2) is 11.2. The zero-order valence-corrected chi connectivity index (χ0v) is 20.4. The molecular weight excluding hydrogens is 464 g/mol. The quantitative estimate of drug-likeness (QED) is 0.498. The normalized spacial score (nSPS) is 14.4. The summed E-state index contributed by atoms with van der Waals surface area (Å²) >= 11 is 0. The van der Waals surface area contributed by atoms with Crippen LogP contribution in [0.25, 0.3) is 11.3 Å². The molecule has 3 aromatic rings. The summed E-state index contributed by atoms with van der Waals surface area (Å²) in [6.45, 7) is 5.78. The van der Waals surface area contributed by atoms with E-state index in [1.165, 1.54) is 35.2 Å². The van der Waals surface area contributed by atoms with Gasteiger partial charge in [0.1, 0.15) is 18.2 Å². The molecule has 1 atom stereocenters. The molecular formula is C27H29F2N5O2. The predicted octanol–water partition coefficient (Wildman–Crippen LogP) is 4.01. The van der Waals surface area contributed by atoms with Gasteiger partial charge in [0.05, 0.1) is 11.3 Å². The third-order valence-corrected chi connectivity index (χ3v) is 6.54. The van der Waals surface area contributed by atoms with Crippen LogP contribution in [0.5, 0.6) is 0 Å². The van der Waals surface area contributed by atoms with Gasteiger partial charge in [-0.1, -0.05) is 19.1 Å². The molecule has 4 rings (SSSR count). The number of hydrogen-bond acceptors (Lipinski definition) is 5. The van der Waals surface area contributed by atoms with Crippen LogP contribution in [0.3, 0.4) is 0 Å². The van der Waals surface area contributed by atoms with Crippen molar-refractivity contribution in [1.82, 2.24) is 20.0 Å². The molecule has 0 saturated carbocycles. The summed E-state index contributed by atoms with van der Waals surface area (Å²) in [6.07, 6.45) is 0.647. The molecule has 0 bridgehead atoms. The lowest BCUT2D eigenvalue weighted by Gasteiger charge is -2.37. The van der Waals surface area contributed by atoms with E-state index < -0.39 is 11.7 Å². The second-order valence-electron chi connectivity index (χ2n) is 8.82. The van der Waals surface area contributed by atoms with Crippen LogP contribution in [-0.4, -0.2) is 70.6 Å². The number of hydrogen-bond donors (Lipinski definition) is 0. The van der Waals surface area contributed by atoms with E-state index in [1.54, 1.807) is 23.1 Å². The Bertz CT molecular complexity index is 1200. The lowest BCUT2D eigenvalue weighted by molar-refractivity contribution is -0.132. The summed E-state index contributed by atoms with van der Waals surface area (Å²) in [5.74, 6) is -0.852. The molecule has 1 aromatic heterocycles. The van der Waals surface area contributed by atoms with Crippen LogP contribution < -0.4 is 4.90 Å². The minimum atomic E-state index is -0.594. The summed E-state index contributed by atoms with van der Waals surface area (Å²) < 4.78 is 27.4. The van der Waals surface area contributed by atoms with Gasteiger partial charge in [-0.15, -0.1) is 10.2 Å². The number of piperazine rings is 1. The van der Waals surface area contributed by atoms with Gasteiger partial charge >= 0.3 is 0 Å². The van der Waals surface area contributed by atoms with E-state index in [2.05, 4.69) is 10.2 Å². The van der Waals surface area contributed by atoms with Crippen molar-refractivity contribution in [2.45, 2.75) is 26.3 Å². The highest BCUT2D eigenvalue weighted by atomic mass is 19.1. The van der Waals surface area contributed by atoms with Gasteiger partial charge in [-0.05, 0) is 61.9 Å². The van der Waals surface area contributed by atoms with Crippen molar-refractivity contribution in [3.05, 3.63) is 77.9 Å². The number of anilines is 1. The Morgan fingerprint density at radius 3 is 2.25 bits per heavy atom. The molecule has 2 aromatic carbocycles. The van der Waals surface area contributed by atoms with Gasteiger partial charge in [0.25, 0.3) is 5.91 Å². The minimum Gasteiger partial charge on any atom is -0.352 e. The van der Waals surface area contributed by atoms with Crippen molar-refractivity contribution in [3.8, 4) is 11.3 Å². The first-order valence-corrected chi connectivity index (χ1v) is 12.0. The molecule has 1 fully saturated rings. The van der Waals surface area contributed by atoms with Gasteiger partial charge in [0.15, 0.2) is 5.82 Å². The van der Waals surface area contributed by atoms with E-state index in [4.69, 9.17) is 0 Å². The molecule has 0 N–H and O–H groups in total. The molecule has 36 heavy (non-hydrogen) atoms. The minimum absolute atomic E-state index is 0.0296. The molecule has 2 amide bonds. The van der Waals surface area contributed by atoms with Gasteiger partial charge in [-0.3, -0.25) is 9.59 Å². The first-order chi connectivity index (χ1) is 17.4. The molecule has 0 aliphatic carbocycles. The van der Waals surface area contributed by atoms with Crippen LogP contribution in [0, 0.1) is 11.6 Å². The Morgan fingerprint density at radius 1 is 0.944 bits per heavy atom. The highest BCUT2D eigenvalue weighted by molar-refractivity contribution is 5.97. The SMILES string of the molecule is CCC(C)N(CC(=O)N1CCN(c2ccc(-c3ccc(F)cc3)nn2)CC1)C(=O)c1ccccc1F. The number of amides is 2. The summed E-state index contributed by atoms with van der Waals surface area (Å²) in [4.78, 5) is 31.3. The molecule has 7 nitrogen and oxygen atoms in total. The topological polar surface area (TPSA) is 69.6 Å². The number of nitrogens with zero attached hydrogens (tertiary/aromatic N) is 5. The van der Waals surface area contributed by atoms with E-state index in [0.29, 0.717) is 44.1 Å². The van der Waals surface area contributed by atoms with Crippen molar-refractivity contribution in [2.24, 2.45) is 0 Å². The molecule has 9 heteroatoms. The Morgan fingerprint density at radius 2 is 1.64 bits per heavy atom. The maximum atomic E-state index is 14.2. The van der Waals surface area contributed by atoms with Crippen molar-refractivity contribution >= 4 is 17.6 Å². The van der Waals surface area contributed by atoms with Gasteiger partial charge in [0.2, 0.25) is 5.91 Å². The molecule has 0 radical (unpaired) electrons. The number of carbonyl (C=O) groups is 2. The third kappa shape index (κ3) is 5.67. The monoisotopic (exact) mass is 493 g/mol. The van der Waals surface area contributed by atoms with E-state index in [-0.39, 0.29) is 29.9 Å². The third-order valence-electron chi connectivity index (χ3n) is 6.54. The highest BCUT2D eigenvalue weighted by Crippen LogP contribution is 2.20. The summed E-state index contributed by atoms with van der Waals surface area (Å²) in [6, 6.07) is 15.4. The summed E-state index contributed by atoms with van der Waals surface area (Å²) in [7, 11) is 0. The van der Waals surface area contributed by atoms with Gasteiger partial charge < -0.3 is 14.7 Å². The molecule has 1 aliphatic rings. The number of carbonyl (C=O) groups excluding carboxylic acids is 2. The lowest BCUT2D eigenvalue weighted by atomic mass is 10.1. The maximum Gasteiger partial charge on any atom is 0.257 e. The fourth-order valence-corrected chi connectivity index (χ4v) is 4.14. The first-order valence-electron chi connectivity index (χ1n) is 12.0. The zero-order chi connectivity index (χ0) is 25.7. The van der Waals surface area contributed by atoms with Crippen molar-refractivity contribution in [3.63, 3.8) is 0 Å². The van der Waals surface area contributed by atoms with E-state index >= 15 is 0 Å². The maximum absolute atomic E-state index is 14.2. The van der Waals surface area contributed by atoms with E-state index in [1.807, 2.05) is 30.9 Å². The predicted molar refractivity (Wildman–Crippen MR) is 133 cm³/mol. The lowest BCUT2D eigenvalue weighted by Crippen LogP contribution is -2.53.